The van der Waals surface area contributed by atoms with Gasteiger partial charge in [-0.15, -0.1) is 0 Å². The summed E-state index contributed by atoms with van der Waals surface area (Å²) in [5, 5.41) is 4.37. The highest BCUT2D eigenvalue weighted by Gasteiger charge is 2.09. The van der Waals surface area contributed by atoms with Crippen LogP contribution in [0.1, 0.15) is 35.3 Å². The van der Waals surface area contributed by atoms with Crippen LogP contribution in [0, 0.1) is 6.92 Å². The highest BCUT2D eigenvalue weighted by Crippen LogP contribution is 2.28. The Morgan fingerprint density at radius 3 is 2.52 bits per heavy atom. The van der Waals surface area contributed by atoms with Crippen molar-refractivity contribution in [3.63, 3.8) is 0 Å². The molecule has 1 N–H and O–H groups in total. The normalized spacial score (nSPS) is 10.7. The van der Waals surface area contributed by atoms with E-state index in [4.69, 9.17) is 21.1 Å². The predicted molar refractivity (Wildman–Crippen MR) is 100 cm³/mol. The van der Waals surface area contributed by atoms with E-state index >= 15 is 0 Å². The highest BCUT2D eigenvalue weighted by molar-refractivity contribution is 6.33. The van der Waals surface area contributed by atoms with Crippen molar-refractivity contribution in [1.82, 2.24) is 5.43 Å². The number of rotatable bonds is 7. The number of hydrogen-bond acceptors (Lipinski definition) is 4. The summed E-state index contributed by atoms with van der Waals surface area (Å²) in [5.41, 5.74) is 4.62. The molecule has 0 saturated heterocycles. The summed E-state index contributed by atoms with van der Waals surface area (Å²) in [6.45, 7) is 6.82. The van der Waals surface area contributed by atoms with Gasteiger partial charge in [-0.1, -0.05) is 17.7 Å². The van der Waals surface area contributed by atoms with Crippen LogP contribution in [0.15, 0.2) is 41.5 Å². The molecule has 0 bridgehead atoms. The molecule has 0 aliphatic carbocycles. The number of carbonyl (C=O) groups is 1. The van der Waals surface area contributed by atoms with Gasteiger partial charge in [-0.2, -0.15) is 5.10 Å². The van der Waals surface area contributed by atoms with E-state index in [1.165, 1.54) is 6.21 Å². The average Bonchev–Trinajstić information content (AvgIpc) is 2.57. The molecule has 0 aliphatic heterocycles. The lowest BCUT2D eigenvalue weighted by Gasteiger charge is -2.11. The molecule has 1 amide bonds. The highest BCUT2D eigenvalue weighted by atomic mass is 35.5. The van der Waals surface area contributed by atoms with Crippen LogP contribution in [0.5, 0.6) is 11.5 Å². The monoisotopic (exact) mass is 360 g/mol. The Morgan fingerprint density at radius 1 is 1.12 bits per heavy atom. The minimum atomic E-state index is -0.364. The molecule has 0 spiro atoms. The molecule has 0 atom stereocenters. The van der Waals surface area contributed by atoms with Gasteiger partial charge in [0.15, 0.2) is 11.5 Å². The second-order valence-electron chi connectivity index (χ2n) is 5.25. The minimum absolute atomic E-state index is 0.364. The van der Waals surface area contributed by atoms with E-state index in [1.807, 2.05) is 45.0 Å². The zero-order valence-corrected chi connectivity index (χ0v) is 15.3. The maximum absolute atomic E-state index is 12.1. The van der Waals surface area contributed by atoms with Gasteiger partial charge in [-0.25, -0.2) is 5.43 Å². The number of aryl methyl sites for hydroxylation is 1. The second-order valence-corrected chi connectivity index (χ2v) is 5.66. The third kappa shape index (κ3) is 5.22. The Labute approximate surface area is 152 Å². The number of amides is 1. The van der Waals surface area contributed by atoms with Crippen LogP contribution in [0.2, 0.25) is 5.02 Å². The van der Waals surface area contributed by atoms with E-state index in [1.54, 1.807) is 12.1 Å². The van der Waals surface area contributed by atoms with Crippen LogP contribution in [0.4, 0.5) is 0 Å². The number of carbonyl (C=O) groups excluding carboxylic acids is 1. The van der Waals surface area contributed by atoms with E-state index in [-0.39, 0.29) is 5.91 Å². The summed E-state index contributed by atoms with van der Waals surface area (Å²) in [4.78, 5) is 12.1. The van der Waals surface area contributed by atoms with E-state index in [2.05, 4.69) is 10.5 Å². The van der Waals surface area contributed by atoms with Crippen LogP contribution >= 0.6 is 11.6 Å². The van der Waals surface area contributed by atoms with Crippen molar-refractivity contribution in [3.05, 3.63) is 58.1 Å². The Bertz CT molecular complexity index is 775. The SMILES string of the molecule is CCOc1ccc(/C=N\NC(=O)c2ccc(C)cc2Cl)cc1OCC. The summed E-state index contributed by atoms with van der Waals surface area (Å²) >= 11 is 6.08. The number of benzene rings is 2. The lowest BCUT2D eigenvalue weighted by atomic mass is 10.1. The van der Waals surface area contributed by atoms with E-state index in [0.717, 1.165) is 11.1 Å². The lowest BCUT2D eigenvalue weighted by Crippen LogP contribution is -2.18. The first kappa shape index (κ1) is 18.8. The molecule has 0 fully saturated rings. The van der Waals surface area contributed by atoms with Crippen molar-refractivity contribution in [2.45, 2.75) is 20.8 Å². The molecular formula is C19H21ClN2O3. The first-order chi connectivity index (χ1) is 12.0. The Hall–Kier alpha value is -2.53. The van der Waals surface area contributed by atoms with Gasteiger partial charge in [0.2, 0.25) is 0 Å². The second kappa shape index (κ2) is 9.08. The Kier molecular flexibility index (Phi) is 6.83. The summed E-state index contributed by atoms with van der Waals surface area (Å²) < 4.78 is 11.1. The van der Waals surface area contributed by atoms with Crippen molar-refractivity contribution < 1.29 is 14.3 Å². The molecule has 6 heteroatoms. The van der Waals surface area contributed by atoms with Gasteiger partial charge in [0, 0.05) is 0 Å². The molecule has 0 unspecified atom stereocenters. The first-order valence-corrected chi connectivity index (χ1v) is 8.42. The number of hydrazone groups is 1. The fourth-order valence-electron chi connectivity index (χ4n) is 2.18. The quantitative estimate of drug-likeness (QED) is 0.594. The van der Waals surface area contributed by atoms with Gasteiger partial charge in [0.1, 0.15) is 0 Å². The zero-order valence-electron chi connectivity index (χ0n) is 14.5. The predicted octanol–water partition coefficient (Wildman–Crippen LogP) is 4.21. The van der Waals surface area contributed by atoms with E-state index in [0.29, 0.717) is 35.3 Å². The lowest BCUT2D eigenvalue weighted by molar-refractivity contribution is 0.0955. The van der Waals surface area contributed by atoms with Crippen LogP contribution in [0.25, 0.3) is 0 Å². The number of nitrogens with one attached hydrogen (secondary N) is 1. The number of hydrogen-bond donors (Lipinski definition) is 1. The molecule has 0 saturated carbocycles. The molecule has 2 aromatic carbocycles. The van der Waals surface area contributed by atoms with Crippen molar-refractivity contribution in [2.24, 2.45) is 5.10 Å². The molecule has 2 rings (SSSR count). The van der Waals surface area contributed by atoms with Crippen molar-refractivity contribution in [3.8, 4) is 11.5 Å². The van der Waals surface area contributed by atoms with Gasteiger partial charge >= 0.3 is 0 Å². The van der Waals surface area contributed by atoms with Crippen LogP contribution < -0.4 is 14.9 Å². The molecule has 0 aliphatic rings. The van der Waals surface area contributed by atoms with Crippen LogP contribution in [0.3, 0.4) is 0 Å². The largest absolute Gasteiger partial charge is 0.490 e. The smallest absolute Gasteiger partial charge is 0.272 e. The maximum Gasteiger partial charge on any atom is 0.272 e. The fraction of sp³-hybridized carbons (Fsp3) is 0.263. The van der Waals surface area contributed by atoms with Crippen molar-refractivity contribution >= 4 is 23.7 Å². The van der Waals surface area contributed by atoms with Gasteiger partial charge in [0.25, 0.3) is 5.91 Å². The first-order valence-electron chi connectivity index (χ1n) is 8.04. The third-order valence-corrected chi connectivity index (χ3v) is 3.63. The van der Waals surface area contributed by atoms with Crippen LogP contribution in [-0.2, 0) is 0 Å². The van der Waals surface area contributed by atoms with Gasteiger partial charge in [-0.05, 0) is 62.2 Å². The molecule has 0 heterocycles. The van der Waals surface area contributed by atoms with Gasteiger partial charge in [-0.3, -0.25) is 4.79 Å². The van der Waals surface area contributed by atoms with E-state index in [9.17, 15) is 4.79 Å². The Morgan fingerprint density at radius 2 is 1.84 bits per heavy atom. The zero-order chi connectivity index (χ0) is 18.2. The average molecular weight is 361 g/mol. The van der Waals surface area contributed by atoms with Crippen molar-refractivity contribution in [2.75, 3.05) is 13.2 Å². The molecule has 2 aromatic rings. The maximum atomic E-state index is 12.1. The molecule has 25 heavy (non-hydrogen) atoms. The minimum Gasteiger partial charge on any atom is -0.490 e. The van der Waals surface area contributed by atoms with Gasteiger partial charge < -0.3 is 9.47 Å². The fourth-order valence-corrected chi connectivity index (χ4v) is 2.50. The topological polar surface area (TPSA) is 59.9 Å². The van der Waals surface area contributed by atoms with E-state index < -0.39 is 0 Å². The van der Waals surface area contributed by atoms with Crippen LogP contribution in [-0.4, -0.2) is 25.3 Å². The van der Waals surface area contributed by atoms with Crippen molar-refractivity contribution in [1.29, 1.82) is 0 Å². The third-order valence-electron chi connectivity index (χ3n) is 3.32. The summed E-state index contributed by atoms with van der Waals surface area (Å²) in [5.74, 6) is 0.954. The van der Waals surface area contributed by atoms with Gasteiger partial charge in [0.05, 0.1) is 30.0 Å². The summed E-state index contributed by atoms with van der Waals surface area (Å²) in [6, 6.07) is 10.7. The molecule has 132 valence electrons. The molecule has 5 nitrogen and oxygen atoms in total. The number of ether oxygens (including phenoxy) is 2. The number of halogens is 1. The molecule has 0 aromatic heterocycles. The number of nitrogens with zero attached hydrogens (tertiary/aromatic N) is 1. The molecule has 0 radical (unpaired) electrons. The Balaban J connectivity index is 2.08. The standard InChI is InChI=1S/C19H21ClN2O3/c1-4-24-17-9-7-14(11-18(17)25-5-2)12-21-22-19(23)15-8-6-13(3)10-16(15)20/h6-12H,4-5H2,1-3H3,(H,22,23)/b21-12-. The molecular weight excluding hydrogens is 340 g/mol. The summed E-state index contributed by atoms with van der Waals surface area (Å²) in [7, 11) is 0. The summed E-state index contributed by atoms with van der Waals surface area (Å²) in [6.07, 6.45) is 1.54.